The van der Waals surface area contributed by atoms with Crippen LogP contribution in [0.1, 0.15) is 17.4 Å². The van der Waals surface area contributed by atoms with Gasteiger partial charge in [0, 0.05) is 0 Å². The van der Waals surface area contributed by atoms with Gasteiger partial charge in [0.1, 0.15) is 6.10 Å². The zero-order valence-electron chi connectivity index (χ0n) is 16.3. The van der Waals surface area contributed by atoms with E-state index in [1.54, 1.807) is 42.5 Å². The number of aromatic nitrogens is 3. The van der Waals surface area contributed by atoms with E-state index < -0.39 is 16.1 Å². The number of benzene rings is 2. The Labute approximate surface area is 173 Å². The molecule has 0 bridgehead atoms. The van der Waals surface area contributed by atoms with Crippen molar-refractivity contribution in [2.24, 2.45) is 0 Å². The van der Waals surface area contributed by atoms with Gasteiger partial charge in [-0.3, -0.25) is 0 Å². The van der Waals surface area contributed by atoms with Gasteiger partial charge >= 0.3 is 6.01 Å². The van der Waals surface area contributed by atoms with Crippen molar-refractivity contribution in [2.75, 3.05) is 14.2 Å². The topological polar surface area (TPSA) is 104 Å². The molecule has 30 heavy (non-hydrogen) atoms. The SMILES string of the molecule is COc1nc(OC)c2cc(C(O)c3ccccc3)n(S(=O)(=O)c3ccccc3)c2n1. The van der Waals surface area contributed by atoms with Crippen LogP contribution in [0.4, 0.5) is 0 Å². The van der Waals surface area contributed by atoms with Crippen molar-refractivity contribution in [3.8, 4) is 11.9 Å². The number of aliphatic hydroxyl groups is 1. The largest absolute Gasteiger partial charge is 0.480 e. The molecule has 2 aromatic carbocycles. The highest BCUT2D eigenvalue weighted by atomic mass is 32.2. The third kappa shape index (κ3) is 3.27. The van der Waals surface area contributed by atoms with Gasteiger partial charge in [-0.05, 0) is 23.8 Å². The molecule has 4 rings (SSSR count). The Kier molecular flexibility index (Phi) is 5.15. The number of nitrogens with zero attached hydrogens (tertiary/aromatic N) is 3. The second-order valence-electron chi connectivity index (χ2n) is 6.42. The van der Waals surface area contributed by atoms with Crippen molar-refractivity contribution >= 4 is 21.1 Å². The van der Waals surface area contributed by atoms with E-state index in [-0.39, 0.29) is 28.1 Å². The zero-order valence-corrected chi connectivity index (χ0v) is 17.1. The summed E-state index contributed by atoms with van der Waals surface area (Å²) in [6, 6.07) is 18.2. The first-order valence-corrected chi connectivity index (χ1v) is 10.5. The molecule has 2 aromatic heterocycles. The average molecular weight is 425 g/mol. The van der Waals surface area contributed by atoms with Crippen molar-refractivity contribution in [1.82, 2.24) is 13.9 Å². The molecule has 2 heterocycles. The number of hydrogen-bond acceptors (Lipinski definition) is 7. The number of fused-ring (bicyclic) bond motifs is 1. The molecule has 0 spiro atoms. The lowest BCUT2D eigenvalue weighted by Crippen LogP contribution is -2.18. The summed E-state index contributed by atoms with van der Waals surface area (Å²) in [4.78, 5) is 8.44. The molecule has 1 N–H and O–H groups in total. The van der Waals surface area contributed by atoms with E-state index in [9.17, 15) is 13.5 Å². The molecule has 0 aliphatic rings. The summed E-state index contributed by atoms with van der Waals surface area (Å²) >= 11 is 0. The van der Waals surface area contributed by atoms with E-state index in [1.165, 1.54) is 32.4 Å². The predicted octanol–water partition coefficient (Wildman–Crippen LogP) is 2.77. The van der Waals surface area contributed by atoms with E-state index in [2.05, 4.69) is 9.97 Å². The number of rotatable bonds is 6. The van der Waals surface area contributed by atoms with Crippen molar-refractivity contribution in [2.45, 2.75) is 11.0 Å². The van der Waals surface area contributed by atoms with Gasteiger partial charge in [0.2, 0.25) is 5.88 Å². The molecular formula is C21H19N3O5S. The lowest BCUT2D eigenvalue weighted by atomic mass is 10.1. The number of methoxy groups -OCH3 is 2. The highest BCUT2D eigenvalue weighted by Crippen LogP contribution is 2.35. The van der Waals surface area contributed by atoms with Crippen LogP contribution in [0.5, 0.6) is 11.9 Å². The molecule has 8 nitrogen and oxygen atoms in total. The van der Waals surface area contributed by atoms with Gasteiger partial charge in [-0.2, -0.15) is 9.97 Å². The number of hydrogen-bond donors (Lipinski definition) is 1. The van der Waals surface area contributed by atoms with E-state index >= 15 is 0 Å². The summed E-state index contributed by atoms with van der Waals surface area (Å²) in [6.45, 7) is 0. The van der Waals surface area contributed by atoms with Gasteiger partial charge in [-0.1, -0.05) is 48.5 Å². The standard InChI is InChI=1S/C21H19N3O5S/c1-28-20-16-13-17(18(25)14-9-5-3-6-10-14)24(19(16)22-21(23-20)29-2)30(26,27)15-11-7-4-8-12-15/h3-13,18,25H,1-2H3. The minimum Gasteiger partial charge on any atom is -0.480 e. The summed E-state index contributed by atoms with van der Waals surface area (Å²) in [5.74, 6) is 0.139. The third-order valence-corrected chi connectivity index (χ3v) is 6.37. The minimum atomic E-state index is -4.10. The van der Waals surface area contributed by atoms with Crippen LogP contribution in [0.25, 0.3) is 11.0 Å². The third-order valence-electron chi connectivity index (χ3n) is 4.64. The Bertz CT molecular complexity index is 1290. The lowest BCUT2D eigenvalue weighted by molar-refractivity contribution is 0.214. The molecule has 0 aliphatic carbocycles. The molecular weight excluding hydrogens is 406 g/mol. The van der Waals surface area contributed by atoms with Gasteiger partial charge in [-0.15, -0.1) is 0 Å². The maximum atomic E-state index is 13.6. The first kappa shape index (κ1) is 19.9. The van der Waals surface area contributed by atoms with Crippen molar-refractivity contribution in [3.63, 3.8) is 0 Å². The van der Waals surface area contributed by atoms with Crippen molar-refractivity contribution < 1.29 is 23.0 Å². The quantitative estimate of drug-likeness (QED) is 0.507. The molecule has 0 saturated heterocycles. The molecule has 0 saturated carbocycles. The fourth-order valence-electron chi connectivity index (χ4n) is 3.22. The van der Waals surface area contributed by atoms with E-state index in [1.807, 2.05) is 6.07 Å². The summed E-state index contributed by atoms with van der Waals surface area (Å²) < 4.78 is 38.6. The van der Waals surface area contributed by atoms with Crippen LogP contribution in [-0.4, -0.2) is 41.7 Å². The first-order valence-electron chi connectivity index (χ1n) is 9.02. The minimum absolute atomic E-state index is 0.0486. The normalized spacial score (nSPS) is 12.6. The highest BCUT2D eigenvalue weighted by Gasteiger charge is 2.30. The molecule has 0 aliphatic heterocycles. The second-order valence-corrected chi connectivity index (χ2v) is 8.21. The molecule has 9 heteroatoms. The maximum Gasteiger partial charge on any atom is 0.321 e. The van der Waals surface area contributed by atoms with Crippen LogP contribution < -0.4 is 9.47 Å². The molecule has 1 unspecified atom stereocenters. The average Bonchev–Trinajstić information content (AvgIpc) is 3.19. The van der Waals surface area contributed by atoms with Crippen molar-refractivity contribution in [3.05, 3.63) is 78.0 Å². The number of aliphatic hydroxyl groups excluding tert-OH is 1. The Morgan fingerprint density at radius 1 is 0.933 bits per heavy atom. The summed E-state index contributed by atoms with van der Waals surface area (Å²) in [7, 11) is -1.31. The predicted molar refractivity (Wildman–Crippen MR) is 110 cm³/mol. The Balaban J connectivity index is 2.07. The first-order chi connectivity index (χ1) is 14.5. The van der Waals surface area contributed by atoms with Crippen LogP contribution in [0.3, 0.4) is 0 Å². The Morgan fingerprint density at radius 2 is 1.57 bits per heavy atom. The van der Waals surface area contributed by atoms with Gasteiger partial charge in [-0.25, -0.2) is 12.4 Å². The molecule has 0 fully saturated rings. The van der Waals surface area contributed by atoms with E-state index in [4.69, 9.17) is 9.47 Å². The van der Waals surface area contributed by atoms with Crippen LogP contribution in [0, 0.1) is 0 Å². The fraction of sp³-hybridized carbons (Fsp3) is 0.143. The van der Waals surface area contributed by atoms with Crippen LogP contribution in [-0.2, 0) is 10.0 Å². The number of ether oxygens (including phenoxy) is 2. The monoisotopic (exact) mass is 425 g/mol. The molecule has 0 radical (unpaired) electrons. The smallest absolute Gasteiger partial charge is 0.321 e. The van der Waals surface area contributed by atoms with Crippen LogP contribution in [0.15, 0.2) is 71.6 Å². The van der Waals surface area contributed by atoms with Gasteiger partial charge in [0.15, 0.2) is 5.65 Å². The molecule has 154 valence electrons. The molecule has 0 amide bonds. The highest BCUT2D eigenvalue weighted by molar-refractivity contribution is 7.90. The maximum absolute atomic E-state index is 13.6. The fourth-order valence-corrected chi connectivity index (χ4v) is 4.73. The zero-order chi connectivity index (χ0) is 21.3. The summed E-state index contributed by atoms with van der Waals surface area (Å²) in [5, 5.41) is 11.4. The van der Waals surface area contributed by atoms with E-state index in [0.717, 1.165) is 3.97 Å². The molecule has 4 aromatic rings. The summed E-state index contributed by atoms with van der Waals surface area (Å²) in [5.41, 5.74) is 0.692. The van der Waals surface area contributed by atoms with Crippen LogP contribution in [0.2, 0.25) is 0 Å². The van der Waals surface area contributed by atoms with Gasteiger partial charge in [0.05, 0.1) is 30.2 Å². The summed E-state index contributed by atoms with van der Waals surface area (Å²) in [6.07, 6.45) is -1.23. The van der Waals surface area contributed by atoms with E-state index in [0.29, 0.717) is 10.9 Å². The Morgan fingerprint density at radius 3 is 2.17 bits per heavy atom. The van der Waals surface area contributed by atoms with Gasteiger partial charge < -0.3 is 14.6 Å². The van der Waals surface area contributed by atoms with Crippen LogP contribution >= 0.6 is 0 Å². The lowest BCUT2D eigenvalue weighted by Gasteiger charge is -2.16. The Hall–Kier alpha value is -3.43. The van der Waals surface area contributed by atoms with Crippen molar-refractivity contribution in [1.29, 1.82) is 0 Å². The van der Waals surface area contributed by atoms with Gasteiger partial charge in [0.25, 0.3) is 10.0 Å². The molecule has 1 atom stereocenters. The second kappa shape index (κ2) is 7.77.